The third-order valence-corrected chi connectivity index (χ3v) is 3.70. The Hall–Kier alpha value is -2.30. The van der Waals surface area contributed by atoms with Gasteiger partial charge in [0.1, 0.15) is 5.75 Å². The van der Waals surface area contributed by atoms with Crippen LogP contribution >= 0.6 is 11.8 Å². The summed E-state index contributed by atoms with van der Waals surface area (Å²) in [5.41, 5.74) is 0.363. The summed E-state index contributed by atoms with van der Waals surface area (Å²) in [5.74, 6) is -0.255. The molecule has 0 aliphatic rings. The summed E-state index contributed by atoms with van der Waals surface area (Å²) in [6.45, 7) is 4.68. The van der Waals surface area contributed by atoms with Crippen molar-refractivity contribution in [1.29, 1.82) is 0 Å². The Morgan fingerprint density at radius 3 is 2.60 bits per heavy atom. The quantitative estimate of drug-likeness (QED) is 0.750. The predicted octanol–water partition coefficient (Wildman–Crippen LogP) is 2.96. The highest BCUT2D eigenvalue weighted by atomic mass is 32.2. The van der Waals surface area contributed by atoms with Crippen molar-refractivity contribution in [2.45, 2.75) is 31.9 Å². The molecule has 25 heavy (non-hydrogen) atoms. The molecule has 0 spiro atoms. The van der Waals surface area contributed by atoms with Crippen molar-refractivity contribution in [1.82, 2.24) is 20.2 Å². The second-order valence-electron chi connectivity index (χ2n) is 5.45. The van der Waals surface area contributed by atoms with Crippen LogP contribution in [0.25, 0.3) is 0 Å². The Morgan fingerprint density at radius 1 is 1.32 bits per heavy atom. The monoisotopic (exact) mass is 375 g/mol. The first-order chi connectivity index (χ1) is 11.7. The van der Waals surface area contributed by atoms with Crippen LogP contribution < -0.4 is 10.1 Å². The van der Waals surface area contributed by atoms with E-state index in [1.807, 2.05) is 13.8 Å². The molecule has 0 saturated heterocycles. The zero-order chi connectivity index (χ0) is 18.4. The van der Waals surface area contributed by atoms with Crippen molar-refractivity contribution in [2.75, 3.05) is 11.1 Å². The van der Waals surface area contributed by atoms with E-state index in [0.29, 0.717) is 23.3 Å². The summed E-state index contributed by atoms with van der Waals surface area (Å²) in [4.78, 5) is 11.9. The van der Waals surface area contributed by atoms with Crippen molar-refractivity contribution in [3.05, 3.63) is 24.3 Å². The molecule has 0 aliphatic carbocycles. The Labute approximate surface area is 145 Å². The Bertz CT molecular complexity index is 703. The third kappa shape index (κ3) is 6.61. The number of benzene rings is 1. The third-order valence-electron chi connectivity index (χ3n) is 2.74. The van der Waals surface area contributed by atoms with Gasteiger partial charge in [0.2, 0.25) is 11.1 Å². The van der Waals surface area contributed by atoms with Crippen LogP contribution in [0.4, 0.5) is 18.9 Å². The molecular weight excluding hydrogens is 359 g/mol. The lowest BCUT2D eigenvalue weighted by Gasteiger charge is -2.10. The number of amides is 1. The highest BCUT2D eigenvalue weighted by molar-refractivity contribution is 7.99. The van der Waals surface area contributed by atoms with E-state index in [9.17, 15) is 18.0 Å². The molecule has 1 amide bonds. The molecule has 2 rings (SSSR count). The van der Waals surface area contributed by atoms with Crippen molar-refractivity contribution >= 4 is 23.4 Å². The van der Waals surface area contributed by atoms with Crippen LogP contribution in [0.1, 0.15) is 13.8 Å². The van der Waals surface area contributed by atoms with Gasteiger partial charge < -0.3 is 10.1 Å². The van der Waals surface area contributed by atoms with Gasteiger partial charge in [-0.05, 0) is 40.6 Å². The number of hydrogen-bond acceptors (Lipinski definition) is 6. The average molecular weight is 375 g/mol. The minimum absolute atomic E-state index is 0.0687. The standard InChI is InChI=1S/C14H16F3N5O2S/c1-9(2)7-22-13(19-20-21-22)25-8-12(23)18-10-3-5-11(6-4-10)24-14(15,16)17/h3-6,9H,7-8H2,1-2H3,(H,18,23). The second kappa shape index (κ2) is 8.19. The van der Waals surface area contributed by atoms with Crippen LogP contribution in [0.15, 0.2) is 29.4 Å². The van der Waals surface area contributed by atoms with E-state index < -0.39 is 6.36 Å². The van der Waals surface area contributed by atoms with Gasteiger partial charge in [0.15, 0.2) is 0 Å². The first kappa shape index (κ1) is 19.0. The van der Waals surface area contributed by atoms with E-state index in [0.717, 1.165) is 12.1 Å². The number of ether oxygens (including phenoxy) is 1. The van der Waals surface area contributed by atoms with Gasteiger partial charge in [-0.3, -0.25) is 4.79 Å². The van der Waals surface area contributed by atoms with Crippen LogP contribution in [0.5, 0.6) is 5.75 Å². The molecule has 1 aromatic carbocycles. The van der Waals surface area contributed by atoms with Gasteiger partial charge >= 0.3 is 6.36 Å². The number of hydrogen-bond donors (Lipinski definition) is 1. The fraction of sp³-hybridized carbons (Fsp3) is 0.429. The van der Waals surface area contributed by atoms with Gasteiger partial charge in [0, 0.05) is 12.2 Å². The van der Waals surface area contributed by atoms with Crippen molar-refractivity contribution in [3.8, 4) is 5.75 Å². The smallest absolute Gasteiger partial charge is 0.406 e. The van der Waals surface area contributed by atoms with Crippen LogP contribution in [0.2, 0.25) is 0 Å². The zero-order valence-corrected chi connectivity index (χ0v) is 14.3. The Kier molecular flexibility index (Phi) is 6.23. The number of rotatable bonds is 7. The maximum atomic E-state index is 12.1. The average Bonchev–Trinajstić information content (AvgIpc) is 2.92. The molecule has 0 saturated carbocycles. The number of aromatic nitrogens is 4. The van der Waals surface area contributed by atoms with E-state index in [1.165, 1.54) is 23.9 Å². The summed E-state index contributed by atoms with van der Waals surface area (Å²) in [6, 6.07) is 4.90. The van der Waals surface area contributed by atoms with Gasteiger partial charge in [-0.2, -0.15) is 0 Å². The van der Waals surface area contributed by atoms with Crippen molar-refractivity contribution in [2.24, 2.45) is 5.92 Å². The topological polar surface area (TPSA) is 81.9 Å². The number of anilines is 1. The van der Waals surface area contributed by atoms with E-state index in [2.05, 4.69) is 25.6 Å². The zero-order valence-electron chi connectivity index (χ0n) is 13.4. The second-order valence-corrected chi connectivity index (χ2v) is 6.39. The molecule has 0 unspecified atom stereocenters. The van der Waals surface area contributed by atoms with Gasteiger partial charge in [0.05, 0.1) is 5.75 Å². The van der Waals surface area contributed by atoms with Gasteiger partial charge in [-0.25, -0.2) is 4.68 Å². The Morgan fingerprint density at radius 2 is 2.00 bits per heavy atom. The predicted molar refractivity (Wildman–Crippen MR) is 85.1 cm³/mol. The largest absolute Gasteiger partial charge is 0.573 e. The number of tetrazole rings is 1. The molecule has 0 radical (unpaired) electrons. The van der Waals surface area contributed by atoms with E-state index in [-0.39, 0.29) is 17.4 Å². The molecule has 1 aromatic heterocycles. The lowest BCUT2D eigenvalue weighted by Crippen LogP contribution is -2.17. The maximum Gasteiger partial charge on any atom is 0.573 e. The number of thioether (sulfide) groups is 1. The number of carbonyl (C=O) groups is 1. The number of nitrogens with zero attached hydrogens (tertiary/aromatic N) is 4. The van der Waals surface area contributed by atoms with Crippen LogP contribution in [0.3, 0.4) is 0 Å². The summed E-state index contributed by atoms with van der Waals surface area (Å²) in [7, 11) is 0. The highest BCUT2D eigenvalue weighted by Gasteiger charge is 2.30. The molecule has 2 aromatic rings. The van der Waals surface area contributed by atoms with Crippen LogP contribution in [0, 0.1) is 5.92 Å². The fourth-order valence-corrected chi connectivity index (χ4v) is 2.51. The fourth-order valence-electron chi connectivity index (χ4n) is 1.83. The first-order valence-electron chi connectivity index (χ1n) is 7.27. The van der Waals surface area contributed by atoms with Crippen molar-refractivity contribution in [3.63, 3.8) is 0 Å². The summed E-state index contributed by atoms with van der Waals surface area (Å²) < 4.78 is 41.6. The Balaban J connectivity index is 1.85. The normalized spacial score (nSPS) is 11.6. The van der Waals surface area contributed by atoms with Crippen LogP contribution in [-0.2, 0) is 11.3 Å². The summed E-state index contributed by atoms with van der Waals surface area (Å²) in [5, 5.41) is 14.4. The maximum absolute atomic E-state index is 12.1. The molecule has 0 aliphatic heterocycles. The lowest BCUT2D eigenvalue weighted by atomic mass is 10.2. The molecule has 0 fully saturated rings. The number of halogens is 3. The van der Waals surface area contributed by atoms with E-state index in [1.54, 1.807) is 4.68 Å². The SMILES string of the molecule is CC(C)Cn1nnnc1SCC(=O)Nc1ccc(OC(F)(F)F)cc1. The van der Waals surface area contributed by atoms with E-state index >= 15 is 0 Å². The molecule has 0 atom stereocenters. The molecule has 7 nitrogen and oxygen atoms in total. The summed E-state index contributed by atoms with van der Waals surface area (Å²) >= 11 is 1.18. The molecular formula is C14H16F3N5O2S. The molecule has 136 valence electrons. The number of carbonyl (C=O) groups excluding carboxylic acids is 1. The molecule has 1 heterocycles. The first-order valence-corrected chi connectivity index (χ1v) is 8.26. The van der Waals surface area contributed by atoms with Gasteiger partial charge in [-0.1, -0.05) is 25.6 Å². The van der Waals surface area contributed by atoms with Gasteiger partial charge in [0.25, 0.3) is 0 Å². The molecule has 0 bridgehead atoms. The van der Waals surface area contributed by atoms with Crippen LogP contribution in [-0.4, -0.2) is 38.2 Å². The lowest BCUT2D eigenvalue weighted by molar-refractivity contribution is -0.274. The van der Waals surface area contributed by atoms with Crippen molar-refractivity contribution < 1.29 is 22.7 Å². The molecule has 1 N–H and O–H groups in total. The minimum Gasteiger partial charge on any atom is -0.406 e. The number of nitrogens with one attached hydrogen (secondary N) is 1. The van der Waals surface area contributed by atoms with Gasteiger partial charge in [-0.15, -0.1) is 18.3 Å². The number of alkyl halides is 3. The molecule has 11 heteroatoms. The summed E-state index contributed by atoms with van der Waals surface area (Å²) in [6.07, 6.45) is -4.75. The van der Waals surface area contributed by atoms with E-state index in [4.69, 9.17) is 0 Å². The highest BCUT2D eigenvalue weighted by Crippen LogP contribution is 2.24. The minimum atomic E-state index is -4.75.